The van der Waals surface area contributed by atoms with Gasteiger partial charge in [-0.2, -0.15) is 9.71 Å². The Labute approximate surface area is 153 Å². The van der Waals surface area contributed by atoms with E-state index in [-0.39, 0.29) is 10.7 Å². The van der Waals surface area contributed by atoms with E-state index in [9.17, 15) is 13.2 Å². The number of Topliss-reactive ketones (excluding diaryl/α,β-unsaturated/α-hetero) is 1. The summed E-state index contributed by atoms with van der Waals surface area (Å²) in [6, 6.07) is 6.06. The van der Waals surface area contributed by atoms with Gasteiger partial charge < -0.3 is 4.52 Å². The van der Waals surface area contributed by atoms with Crippen LogP contribution in [0, 0.1) is 6.92 Å². The van der Waals surface area contributed by atoms with Gasteiger partial charge in [0, 0.05) is 12.5 Å². The van der Waals surface area contributed by atoms with Crippen molar-refractivity contribution in [2.45, 2.75) is 62.8 Å². The first-order valence-corrected chi connectivity index (χ1v) is 10.3. The van der Waals surface area contributed by atoms with E-state index in [0.717, 1.165) is 25.7 Å². The first-order chi connectivity index (χ1) is 12.3. The van der Waals surface area contributed by atoms with Gasteiger partial charge in [0.15, 0.2) is 11.6 Å². The van der Waals surface area contributed by atoms with Gasteiger partial charge in [0.25, 0.3) is 0 Å². The van der Waals surface area contributed by atoms with Gasteiger partial charge in [-0.1, -0.05) is 43.0 Å². The van der Waals surface area contributed by atoms with Gasteiger partial charge in [0.2, 0.25) is 15.9 Å². The van der Waals surface area contributed by atoms with Crippen molar-refractivity contribution in [2.75, 3.05) is 0 Å². The molecule has 140 valence electrons. The highest BCUT2D eigenvalue weighted by atomic mass is 32.2. The quantitative estimate of drug-likeness (QED) is 0.634. The summed E-state index contributed by atoms with van der Waals surface area (Å²) in [5, 5.41) is 4.01. The summed E-state index contributed by atoms with van der Waals surface area (Å²) < 4.78 is 34.1. The van der Waals surface area contributed by atoms with Crippen LogP contribution in [-0.4, -0.2) is 24.3 Å². The minimum Gasteiger partial charge on any atom is -0.340 e. The zero-order valence-electron chi connectivity index (χ0n) is 15.0. The maximum Gasteiger partial charge on any atom is 0.241 e. The Morgan fingerprint density at radius 3 is 2.46 bits per heavy atom. The van der Waals surface area contributed by atoms with E-state index in [4.69, 9.17) is 4.52 Å². The number of ketones is 1. The lowest BCUT2D eigenvalue weighted by Crippen LogP contribution is -2.46. The second-order valence-corrected chi connectivity index (χ2v) is 8.51. The second kappa shape index (κ2) is 7.28. The molecule has 1 heterocycles. The van der Waals surface area contributed by atoms with Crippen molar-refractivity contribution in [3.8, 4) is 0 Å². The summed E-state index contributed by atoms with van der Waals surface area (Å²) in [6.45, 7) is 3.10. The fourth-order valence-electron chi connectivity index (χ4n) is 3.40. The third-order valence-electron chi connectivity index (χ3n) is 4.79. The second-order valence-electron chi connectivity index (χ2n) is 6.82. The molecular weight excluding hydrogens is 354 g/mol. The lowest BCUT2D eigenvalue weighted by atomic mass is 9.91. The SMILES string of the molecule is CC(=O)c1cccc(S(=O)(=O)NC2(c3noc(C)n3)CCCCCC2)c1. The number of benzene rings is 1. The van der Waals surface area contributed by atoms with Crippen LogP contribution in [0.3, 0.4) is 0 Å². The fourth-order valence-corrected chi connectivity index (χ4v) is 4.86. The molecule has 1 aliphatic carbocycles. The summed E-state index contributed by atoms with van der Waals surface area (Å²) in [5.74, 6) is 0.601. The molecule has 7 nitrogen and oxygen atoms in total. The molecule has 2 aromatic rings. The van der Waals surface area contributed by atoms with Crippen molar-refractivity contribution in [1.82, 2.24) is 14.9 Å². The molecule has 1 fully saturated rings. The van der Waals surface area contributed by atoms with E-state index in [1.54, 1.807) is 19.1 Å². The molecule has 0 radical (unpaired) electrons. The topological polar surface area (TPSA) is 102 Å². The van der Waals surface area contributed by atoms with Gasteiger partial charge in [0.1, 0.15) is 0 Å². The van der Waals surface area contributed by atoms with Crippen molar-refractivity contribution in [1.29, 1.82) is 0 Å². The molecule has 26 heavy (non-hydrogen) atoms. The third kappa shape index (κ3) is 3.86. The van der Waals surface area contributed by atoms with Gasteiger partial charge in [0.05, 0.1) is 10.4 Å². The van der Waals surface area contributed by atoms with Crippen LogP contribution < -0.4 is 4.72 Å². The van der Waals surface area contributed by atoms with Gasteiger partial charge in [-0.3, -0.25) is 4.79 Å². The number of hydrogen-bond donors (Lipinski definition) is 1. The number of nitrogens with zero attached hydrogens (tertiary/aromatic N) is 2. The smallest absolute Gasteiger partial charge is 0.241 e. The monoisotopic (exact) mass is 377 g/mol. The number of carbonyl (C=O) groups is 1. The molecule has 0 saturated heterocycles. The molecule has 0 atom stereocenters. The van der Waals surface area contributed by atoms with Crippen LogP contribution in [0.15, 0.2) is 33.7 Å². The van der Waals surface area contributed by atoms with E-state index in [0.29, 0.717) is 30.1 Å². The Morgan fingerprint density at radius 2 is 1.88 bits per heavy atom. The van der Waals surface area contributed by atoms with Gasteiger partial charge >= 0.3 is 0 Å². The summed E-state index contributed by atoms with van der Waals surface area (Å²) in [7, 11) is -3.85. The number of sulfonamides is 1. The Balaban J connectivity index is 2.00. The van der Waals surface area contributed by atoms with Crippen LogP contribution in [0.4, 0.5) is 0 Å². The molecule has 8 heteroatoms. The highest BCUT2D eigenvalue weighted by Gasteiger charge is 2.41. The predicted molar refractivity (Wildman–Crippen MR) is 95.2 cm³/mol. The molecule has 0 unspecified atom stereocenters. The van der Waals surface area contributed by atoms with E-state index in [1.165, 1.54) is 19.1 Å². The Morgan fingerprint density at radius 1 is 1.19 bits per heavy atom. The third-order valence-corrected chi connectivity index (χ3v) is 6.33. The van der Waals surface area contributed by atoms with E-state index < -0.39 is 15.6 Å². The highest BCUT2D eigenvalue weighted by molar-refractivity contribution is 7.89. The maximum atomic E-state index is 13.1. The summed E-state index contributed by atoms with van der Waals surface area (Å²) in [6.07, 6.45) is 5.06. The maximum absolute atomic E-state index is 13.1. The molecule has 0 bridgehead atoms. The molecular formula is C18H23N3O4S. The van der Waals surface area contributed by atoms with Crippen molar-refractivity contribution in [3.63, 3.8) is 0 Å². The Kier molecular flexibility index (Phi) is 5.24. The molecule has 0 spiro atoms. The highest BCUT2D eigenvalue weighted by Crippen LogP contribution is 2.36. The summed E-state index contributed by atoms with van der Waals surface area (Å²) in [5.41, 5.74) is -0.530. The molecule has 1 saturated carbocycles. The van der Waals surface area contributed by atoms with Crippen molar-refractivity contribution in [2.24, 2.45) is 0 Å². The molecule has 3 rings (SSSR count). The first-order valence-electron chi connectivity index (χ1n) is 8.78. The summed E-state index contributed by atoms with van der Waals surface area (Å²) >= 11 is 0. The van der Waals surface area contributed by atoms with Crippen LogP contribution >= 0.6 is 0 Å². The van der Waals surface area contributed by atoms with E-state index in [2.05, 4.69) is 14.9 Å². The van der Waals surface area contributed by atoms with Crippen LogP contribution in [0.5, 0.6) is 0 Å². The molecule has 1 N–H and O–H groups in total. The van der Waals surface area contributed by atoms with Crippen molar-refractivity contribution < 1.29 is 17.7 Å². The average Bonchev–Trinajstić information content (AvgIpc) is 2.91. The van der Waals surface area contributed by atoms with Crippen LogP contribution in [0.25, 0.3) is 0 Å². The zero-order valence-corrected chi connectivity index (χ0v) is 15.8. The summed E-state index contributed by atoms with van der Waals surface area (Å²) in [4.78, 5) is 16.0. The van der Waals surface area contributed by atoms with E-state index >= 15 is 0 Å². The number of aromatic nitrogens is 2. The lowest BCUT2D eigenvalue weighted by Gasteiger charge is -2.30. The lowest BCUT2D eigenvalue weighted by molar-refractivity contribution is 0.101. The average molecular weight is 377 g/mol. The fraction of sp³-hybridized carbons (Fsp3) is 0.500. The molecule has 0 amide bonds. The normalized spacial score (nSPS) is 17.6. The number of nitrogens with one attached hydrogen (secondary N) is 1. The van der Waals surface area contributed by atoms with Crippen LogP contribution in [0.2, 0.25) is 0 Å². The predicted octanol–water partition coefficient (Wildman–Crippen LogP) is 3.11. The Hall–Kier alpha value is -2.06. The zero-order chi connectivity index (χ0) is 18.8. The van der Waals surface area contributed by atoms with Gasteiger partial charge in [-0.05, 0) is 31.9 Å². The minimum atomic E-state index is -3.85. The van der Waals surface area contributed by atoms with Gasteiger partial charge in [-0.25, -0.2) is 8.42 Å². The minimum absolute atomic E-state index is 0.0639. The number of rotatable bonds is 5. The van der Waals surface area contributed by atoms with Crippen molar-refractivity contribution in [3.05, 3.63) is 41.5 Å². The van der Waals surface area contributed by atoms with E-state index in [1.807, 2.05) is 0 Å². The molecule has 1 aromatic heterocycles. The molecule has 0 aliphatic heterocycles. The van der Waals surface area contributed by atoms with Crippen molar-refractivity contribution >= 4 is 15.8 Å². The number of hydrogen-bond acceptors (Lipinski definition) is 6. The molecule has 1 aliphatic rings. The first kappa shape index (κ1) is 18.7. The van der Waals surface area contributed by atoms with Gasteiger partial charge in [-0.15, -0.1) is 0 Å². The number of aryl methyl sites for hydroxylation is 1. The largest absolute Gasteiger partial charge is 0.340 e. The standard InChI is InChI=1S/C18H23N3O4S/c1-13(22)15-8-7-9-16(12-15)26(23,24)21-18(10-5-3-4-6-11-18)17-19-14(2)25-20-17/h7-9,12,21H,3-6,10-11H2,1-2H3. The Bertz CT molecular complexity index is 897. The number of carbonyl (C=O) groups excluding carboxylic acids is 1. The van der Waals surface area contributed by atoms with Crippen LogP contribution in [0.1, 0.15) is 67.5 Å². The molecule has 1 aromatic carbocycles. The van der Waals surface area contributed by atoms with Crippen LogP contribution in [-0.2, 0) is 15.6 Å².